The first-order valence-electron chi connectivity index (χ1n) is 7.34. The minimum absolute atomic E-state index is 0.245. The smallest absolute Gasteiger partial charge is 0.146 e. The van der Waals surface area contributed by atoms with Gasteiger partial charge >= 0.3 is 0 Å². The van der Waals surface area contributed by atoms with Gasteiger partial charge in [0.2, 0.25) is 0 Å². The minimum Gasteiger partial charge on any atom is -0.396 e. The van der Waals surface area contributed by atoms with E-state index in [2.05, 4.69) is 24.3 Å². The highest BCUT2D eigenvalue weighted by Crippen LogP contribution is 2.39. The lowest BCUT2D eigenvalue weighted by Crippen LogP contribution is -2.03. The molecule has 2 aromatic carbocycles. The van der Waals surface area contributed by atoms with Gasteiger partial charge in [-0.3, -0.25) is 0 Å². The molecule has 0 amide bonds. The average molecular weight is 269 g/mol. The van der Waals surface area contributed by atoms with Crippen molar-refractivity contribution in [3.05, 3.63) is 65.5 Å². The summed E-state index contributed by atoms with van der Waals surface area (Å²) in [5.74, 6) is 0.890. The van der Waals surface area contributed by atoms with Crippen LogP contribution in [-0.4, -0.2) is 0 Å². The number of halogens is 1. The van der Waals surface area contributed by atoms with Gasteiger partial charge in [-0.05, 0) is 42.0 Å². The fourth-order valence-electron chi connectivity index (χ4n) is 2.80. The van der Waals surface area contributed by atoms with Crippen LogP contribution in [0.1, 0.15) is 42.7 Å². The van der Waals surface area contributed by atoms with Crippen molar-refractivity contribution >= 4 is 5.69 Å². The first kappa shape index (κ1) is 13.2. The molecular formula is C18H20FN. The predicted octanol–water partition coefficient (Wildman–Crippen LogP) is 4.73. The van der Waals surface area contributed by atoms with Gasteiger partial charge in [0.25, 0.3) is 0 Å². The molecule has 20 heavy (non-hydrogen) atoms. The standard InChI is InChI=1S/C18H20FN/c19-17-11-9-15(12-18(17)20)16(10-8-13-6-7-13)14-4-2-1-3-5-14/h1-5,9,11-13,16H,6-8,10,20H2. The Hall–Kier alpha value is -1.83. The van der Waals surface area contributed by atoms with Gasteiger partial charge in [-0.15, -0.1) is 0 Å². The summed E-state index contributed by atoms with van der Waals surface area (Å²) in [6, 6.07) is 15.6. The number of rotatable bonds is 5. The minimum atomic E-state index is -0.331. The zero-order chi connectivity index (χ0) is 13.9. The number of benzene rings is 2. The molecule has 0 heterocycles. The summed E-state index contributed by atoms with van der Waals surface area (Å²) in [5.41, 5.74) is 8.39. The van der Waals surface area contributed by atoms with Gasteiger partial charge in [-0.2, -0.15) is 0 Å². The second-order valence-electron chi connectivity index (χ2n) is 5.76. The van der Waals surface area contributed by atoms with Crippen LogP contribution in [-0.2, 0) is 0 Å². The molecule has 1 aliphatic carbocycles. The van der Waals surface area contributed by atoms with Crippen LogP contribution in [0.3, 0.4) is 0 Å². The van der Waals surface area contributed by atoms with Gasteiger partial charge in [0, 0.05) is 5.92 Å². The highest BCUT2D eigenvalue weighted by molar-refractivity contribution is 5.45. The van der Waals surface area contributed by atoms with Gasteiger partial charge in [0.15, 0.2) is 0 Å². The molecule has 0 aromatic heterocycles. The lowest BCUT2D eigenvalue weighted by Gasteiger charge is -2.18. The van der Waals surface area contributed by atoms with Crippen molar-refractivity contribution in [2.24, 2.45) is 5.92 Å². The third kappa shape index (κ3) is 3.01. The van der Waals surface area contributed by atoms with Gasteiger partial charge in [0.05, 0.1) is 5.69 Å². The predicted molar refractivity (Wildman–Crippen MR) is 81.1 cm³/mol. The Labute approximate surface area is 119 Å². The summed E-state index contributed by atoms with van der Waals surface area (Å²) in [6.07, 6.45) is 5.09. The fourth-order valence-corrected chi connectivity index (χ4v) is 2.80. The second kappa shape index (κ2) is 5.66. The Balaban J connectivity index is 1.88. The molecule has 0 radical (unpaired) electrons. The zero-order valence-corrected chi connectivity index (χ0v) is 11.6. The monoisotopic (exact) mass is 269 g/mol. The molecule has 1 fully saturated rings. The van der Waals surface area contributed by atoms with E-state index in [1.54, 1.807) is 6.07 Å². The molecular weight excluding hydrogens is 249 g/mol. The quantitative estimate of drug-likeness (QED) is 0.780. The van der Waals surface area contributed by atoms with Gasteiger partial charge in [-0.1, -0.05) is 49.2 Å². The van der Waals surface area contributed by atoms with Crippen molar-refractivity contribution in [2.45, 2.75) is 31.6 Å². The van der Waals surface area contributed by atoms with E-state index in [1.807, 2.05) is 12.1 Å². The number of anilines is 1. The summed E-state index contributed by atoms with van der Waals surface area (Å²) in [5, 5.41) is 0. The third-order valence-corrected chi connectivity index (χ3v) is 4.18. The molecule has 2 heteroatoms. The first-order chi connectivity index (χ1) is 9.74. The summed E-state index contributed by atoms with van der Waals surface area (Å²) in [4.78, 5) is 0. The SMILES string of the molecule is Nc1cc(C(CCC2CC2)c2ccccc2)ccc1F. The summed E-state index contributed by atoms with van der Waals surface area (Å²) in [7, 11) is 0. The van der Waals surface area contributed by atoms with Crippen LogP contribution in [0.2, 0.25) is 0 Å². The Morgan fingerprint density at radius 3 is 2.45 bits per heavy atom. The van der Waals surface area contributed by atoms with Crippen molar-refractivity contribution in [3.8, 4) is 0 Å². The van der Waals surface area contributed by atoms with E-state index in [-0.39, 0.29) is 11.5 Å². The van der Waals surface area contributed by atoms with Crippen molar-refractivity contribution < 1.29 is 4.39 Å². The number of hydrogen-bond donors (Lipinski definition) is 1. The van der Waals surface area contributed by atoms with Crippen LogP contribution in [0.25, 0.3) is 0 Å². The van der Waals surface area contributed by atoms with Crippen molar-refractivity contribution in [1.29, 1.82) is 0 Å². The molecule has 1 aliphatic rings. The van der Waals surface area contributed by atoms with E-state index in [4.69, 9.17) is 5.73 Å². The maximum Gasteiger partial charge on any atom is 0.146 e. The van der Waals surface area contributed by atoms with Crippen LogP contribution < -0.4 is 5.73 Å². The maximum absolute atomic E-state index is 13.4. The molecule has 0 spiro atoms. The lowest BCUT2D eigenvalue weighted by atomic mass is 9.86. The topological polar surface area (TPSA) is 26.0 Å². The highest BCUT2D eigenvalue weighted by atomic mass is 19.1. The van der Waals surface area contributed by atoms with Crippen LogP contribution in [0.15, 0.2) is 48.5 Å². The summed E-state index contributed by atoms with van der Waals surface area (Å²) < 4.78 is 13.4. The van der Waals surface area contributed by atoms with Gasteiger partial charge in [0.1, 0.15) is 5.82 Å². The van der Waals surface area contributed by atoms with Gasteiger partial charge in [-0.25, -0.2) is 4.39 Å². The zero-order valence-electron chi connectivity index (χ0n) is 11.6. The first-order valence-corrected chi connectivity index (χ1v) is 7.34. The van der Waals surface area contributed by atoms with Gasteiger partial charge < -0.3 is 5.73 Å². The number of nitrogen functional groups attached to an aromatic ring is 1. The summed E-state index contributed by atoms with van der Waals surface area (Å²) in [6.45, 7) is 0. The summed E-state index contributed by atoms with van der Waals surface area (Å²) >= 11 is 0. The molecule has 0 bridgehead atoms. The van der Waals surface area contributed by atoms with E-state index in [0.717, 1.165) is 17.9 Å². The lowest BCUT2D eigenvalue weighted by molar-refractivity contribution is 0.608. The van der Waals surface area contributed by atoms with E-state index in [1.165, 1.54) is 30.9 Å². The third-order valence-electron chi connectivity index (χ3n) is 4.18. The molecule has 2 aromatic rings. The molecule has 1 saturated carbocycles. The molecule has 1 unspecified atom stereocenters. The molecule has 1 atom stereocenters. The van der Waals surface area contributed by atoms with E-state index < -0.39 is 0 Å². The largest absolute Gasteiger partial charge is 0.396 e. The van der Waals surface area contributed by atoms with Crippen molar-refractivity contribution in [3.63, 3.8) is 0 Å². The Morgan fingerprint density at radius 1 is 1.05 bits per heavy atom. The Morgan fingerprint density at radius 2 is 1.80 bits per heavy atom. The van der Waals surface area contributed by atoms with Crippen LogP contribution in [0.5, 0.6) is 0 Å². The highest BCUT2D eigenvalue weighted by Gasteiger charge is 2.24. The van der Waals surface area contributed by atoms with Crippen molar-refractivity contribution in [2.75, 3.05) is 5.73 Å². The van der Waals surface area contributed by atoms with E-state index >= 15 is 0 Å². The Kier molecular flexibility index (Phi) is 3.72. The van der Waals surface area contributed by atoms with E-state index in [0.29, 0.717) is 5.92 Å². The second-order valence-corrected chi connectivity index (χ2v) is 5.76. The Bertz CT molecular complexity index is 575. The fraction of sp³-hybridized carbons (Fsp3) is 0.333. The van der Waals surface area contributed by atoms with Crippen LogP contribution >= 0.6 is 0 Å². The normalized spacial score (nSPS) is 16.1. The molecule has 104 valence electrons. The molecule has 3 rings (SSSR count). The average Bonchev–Trinajstić information content (AvgIpc) is 3.28. The molecule has 1 nitrogen and oxygen atoms in total. The van der Waals surface area contributed by atoms with Crippen LogP contribution in [0.4, 0.5) is 10.1 Å². The molecule has 0 saturated heterocycles. The maximum atomic E-state index is 13.4. The number of nitrogens with two attached hydrogens (primary N) is 1. The molecule has 2 N–H and O–H groups in total. The van der Waals surface area contributed by atoms with E-state index in [9.17, 15) is 4.39 Å². The number of hydrogen-bond acceptors (Lipinski definition) is 1. The van der Waals surface area contributed by atoms with Crippen molar-refractivity contribution in [1.82, 2.24) is 0 Å². The van der Waals surface area contributed by atoms with Crippen LogP contribution in [0, 0.1) is 11.7 Å². The molecule has 0 aliphatic heterocycles.